The molecule has 1 aromatic heterocycles. The summed E-state index contributed by atoms with van der Waals surface area (Å²) < 4.78 is 4.56. The molecule has 0 amide bonds. The first-order chi connectivity index (χ1) is 6.57. The first kappa shape index (κ1) is 10.2. The number of nitrogens with zero attached hydrogens (tertiary/aromatic N) is 1. The van der Waals surface area contributed by atoms with Crippen LogP contribution in [-0.2, 0) is 4.74 Å². The van der Waals surface area contributed by atoms with Gasteiger partial charge in [-0.05, 0) is 13.0 Å². The lowest BCUT2D eigenvalue weighted by Gasteiger charge is -2.07. The van der Waals surface area contributed by atoms with Gasteiger partial charge in [0.05, 0.1) is 18.2 Å². The van der Waals surface area contributed by atoms with Gasteiger partial charge in [-0.2, -0.15) is 0 Å². The molecule has 1 heterocycles. The maximum absolute atomic E-state index is 11.3. The van der Waals surface area contributed by atoms with E-state index in [4.69, 9.17) is 11.1 Å². The number of hydrogen-bond acceptors (Lipinski definition) is 5. The Hall–Kier alpha value is -1.91. The van der Waals surface area contributed by atoms with E-state index < -0.39 is 5.97 Å². The number of hydrogen-bond donors (Lipinski definition) is 2. The van der Waals surface area contributed by atoms with Crippen molar-refractivity contribution in [2.24, 2.45) is 0 Å². The van der Waals surface area contributed by atoms with E-state index >= 15 is 0 Å². The molecule has 5 heteroatoms. The minimum Gasteiger partial charge on any atom is -0.465 e. The molecule has 0 aromatic carbocycles. The first-order valence-electron chi connectivity index (χ1n) is 3.96. The molecule has 0 aliphatic carbocycles. The van der Waals surface area contributed by atoms with Crippen LogP contribution in [0.1, 0.15) is 22.8 Å². The van der Waals surface area contributed by atoms with Crippen LogP contribution in [0.4, 0.5) is 5.82 Å². The molecule has 0 aliphatic rings. The summed E-state index contributed by atoms with van der Waals surface area (Å²) in [5.41, 5.74) is 6.35. The number of nitrogens with two attached hydrogens (primary N) is 1. The zero-order chi connectivity index (χ0) is 10.7. The van der Waals surface area contributed by atoms with Crippen LogP contribution in [-0.4, -0.2) is 23.8 Å². The quantitative estimate of drug-likeness (QED) is 0.538. The van der Waals surface area contributed by atoms with Gasteiger partial charge in [-0.3, -0.25) is 0 Å². The third-order valence-electron chi connectivity index (χ3n) is 1.76. The fraction of sp³-hybridized carbons (Fsp3) is 0.222. The van der Waals surface area contributed by atoms with E-state index in [2.05, 4.69) is 9.72 Å². The molecule has 5 nitrogen and oxygen atoms in total. The van der Waals surface area contributed by atoms with E-state index in [1.54, 1.807) is 6.92 Å². The number of carbonyl (C=O) groups is 1. The lowest BCUT2D eigenvalue weighted by molar-refractivity contribution is 0.0600. The average molecular weight is 193 g/mol. The van der Waals surface area contributed by atoms with Crippen LogP contribution in [0.3, 0.4) is 0 Å². The van der Waals surface area contributed by atoms with Gasteiger partial charge in [0.1, 0.15) is 5.82 Å². The molecule has 0 bridgehead atoms. The van der Waals surface area contributed by atoms with E-state index in [0.29, 0.717) is 5.56 Å². The smallest absolute Gasteiger partial charge is 0.338 e. The summed E-state index contributed by atoms with van der Waals surface area (Å²) in [6, 6.07) is 1.48. The molecular weight excluding hydrogens is 182 g/mol. The number of carbonyl (C=O) groups excluding carboxylic acids is 1. The van der Waals surface area contributed by atoms with Crippen molar-refractivity contribution >= 4 is 17.5 Å². The predicted octanol–water partition coefficient (Wildman–Crippen LogP) is 0.838. The standard InChI is InChI=1S/C9H11N3O2/c1-5(10)7-6(9(13)14-2)3-4-12-8(7)11/h3-4,10H,1-2H3,(H2,11,12). The molecule has 14 heavy (non-hydrogen) atoms. The summed E-state index contributed by atoms with van der Waals surface area (Å²) in [4.78, 5) is 15.1. The summed E-state index contributed by atoms with van der Waals surface area (Å²) in [5.74, 6) is -0.346. The highest BCUT2D eigenvalue weighted by Crippen LogP contribution is 2.15. The molecule has 0 saturated heterocycles. The topological polar surface area (TPSA) is 89.1 Å². The van der Waals surface area contributed by atoms with Crippen molar-refractivity contribution in [1.82, 2.24) is 4.98 Å². The van der Waals surface area contributed by atoms with Crippen LogP contribution in [0.2, 0.25) is 0 Å². The van der Waals surface area contributed by atoms with Crippen molar-refractivity contribution in [1.29, 1.82) is 5.41 Å². The zero-order valence-corrected chi connectivity index (χ0v) is 8.00. The van der Waals surface area contributed by atoms with Crippen molar-refractivity contribution in [3.63, 3.8) is 0 Å². The maximum Gasteiger partial charge on any atom is 0.338 e. The Bertz CT molecular complexity index is 388. The van der Waals surface area contributed by atoms with Gasteiger partial charge in [0.15, 0.2) is 0 Å². The number of rotatable bonds is 2. The Morgan fingerprint density at radius 1 is 1.64 bits per heavy atom. The molecule has 0 fully saturated rings. The van der Waals surface area contributed by atoms with Crippen LogP contribution in [0.25, 0.3) is 0 Å². The molecular formula is C9H11N3O2. The van der Waals surface area contributed by atoms with E-state index in [9.17, 15) is 4.79 Å². The minimum atomic E-state index is -0.513. The molecule has 0 saturated carbocycles. The van der Waals surface area contributed by atoms with Crippen molar-refractivity contribution in [2.75, 3.05) is 12.8 Å². The predicted molar refractivity (Wildman–Crippen MR) is 52.5 cm³/mol. The number of ether oxygens (including phenoxy) is 1. The minimum absolute atomic E-state index is 0.167. The van der Waals surface area contributed by atoms with E-state index in [0.717, 1.165) is 0 Å². The lowest BCUT2D eigenvalue weighted by atomic mass is 10.1. The summed E-state index contributed by atoms with van der Waals surface area (Å²) in [7, 11) is 1.28. The molecule has 0 spiro atoms. The van der Waals surface area contributed by atoms with Gasteiger partial charge >= 0.3 is 5.97 Å². The number of nitrogens with one attached hydrogen (secondary N) is 1. The van der Waals surface area contributed by atoms with Gasteiger partial charge in [-0.25, -0.2) is 9.78 Å². The highest BCUT2D eigenvalue weighted by atomic mass is 16.5. The number of pyridine rings is 1. The third kappa shape index (κ3) is 1.71. The molecule has 0 aliphatic heterocycles. The highest BCUT2D eigenvalue weighted by Gasteiger charge is 2.15. The molecule has 3 N–H and O–H groups in total. The summed E-state index contributed by atoms with van der Waals surface area (Å²) >= 11 is 0. The second kappa shape index (κ2) is 3.87. The van der Waals surface area contributed by atoms with Crippen molar-refractivity contribution < 1.29 is 9.53 Å². The first-order valence-corrected chi connectivity index (χ1v) is 3.96. The maximum atomic E-state index is 11.3. The van der Waals surface area contributed by atoms with E-state index in [-0.39, 0.29) is 17.1 Å². The Labute approximate surface area is 81.4 Å². The van der Waals surface area contributed by atoms with Gasteiger partial charge in [0, 0.05) is 11.9 Å². The number of nitrogen functional groups attached to an aromatic ring is 1. The molecule has 1 aromatic rings. The SMILES string of the molecule is COC(=O)c1ccnc(N)c1C(C)=N. The van der Waals surface area contributed by atoms with E-state index in [1.165, 1.54) is 19.4 Å². The fourth-order valence-electron chi connectivity index (χ4n) is 1.15. The Kier molecular flexibility index (Phi) is 2.81. The summed E-state index contributed by atoms with van der Waals surface area (Å²) in [5, 5.41) is 7.46. The lowest BCUT2D eigenvalue weighted by Crippen LogP contribution is -2.12. The number of methoxy groups -OCH3 is 1. The van der Waals surface area contributed by atoms with E-state index in [1.807, 2.05) is 0 Å². The Morgan fingerprint density at radius 2 is 2.29 bits per heavy atom. The van der Waals surface area contributed by atoms with Crippen LogP contribution in [0.15, 0.2) is 12.3 Å². The third-order valence-corrected chi connectivity index (χ3v) is 1.76. The van der Waals surface area contributed by atoms with Crippen LogP contribution >= 0.6 is 0 Å². The van der Waals surface area contributed by atoms with Crippen molar-refractivity contribution in [3.05, 3.63) is 23.4 Å². The Balaban J connectivity index is 3.35. The molecule has 0 unspecified atom stereocenters. The molecule has 0 radical (unpaired) electrons. The number of esters is 1. The number of anilines is 1. The second-order valence-corrected chi connectivity index (χ2v) is 2.74. The normalized spacial score (nSPS) is 9.57. The highest BCUT2D eigenvalue weighted by molar-refractivity contribution is 6.09. The fourth-order valence-corrected chi connectivity index (χ4v) is 1.15. The van der Waals surface area contributed by atoms with Crippen molar-refractivity contribution in [3.8, 4) is 0 Å². The molecule has 74 valence electrons. The number of aromatic nitrogens is 1. The average Bonchev–Trinajstić information content (AvgIpc) is 2.15. The van der Waals surface area contributed by atoms with Gasteiger partial charge < -0.3 is 15.9 Å². The molecule has 1 rings (SSSR count). The Morgan fingerprint density at radius 3 is 2.79 bits per heavy atom. The van der Waals surface area contributed by atoms with Crippen LogP contribution in [0, 0.1) is 5.41 Å². The summed E-state index contributed by atoms with van der Waals surface area (Å²) in [6.45, 7) is 1.54. The van der Waals surface area contributed by atoms with Gasteiger partial charge in [-0.15, -0.1) is 0 Å². The largest absolute Gasteiger partial charge is 0.465 e. The zero-order valence-electron chi connectivity index (χ0n) is 8.00. The van der Waals surface area contributed by atoms with Crippen LogP contribution < -0.4 is 5.73 Å². The van der Waals surface area contributed by atoms with Gasteiger partial charge in [0.25, 0.3) is 0 Å². The van der Waals surface area contributed by atoms with Crippen molar-refractivity contribution in [2.45, 2.75) is 6.92 Å². The van der Waals surface area contributed by atoms with Gasteiger partial charge in [0.2, 0.25) is 0 Å². The van der Waals surface area contributed by atoms with Gasteiger partial charge in [-0.1, -0.05) is 0 Å². The second-order valence-electron chi connectivity index (χ2n) is 2.74. The molecule has 0 atom stereocenters. The monoisotopic (exact) mass is 193 g/mol. The van der Waals surface area contributed by atoms with Crippen LogP contribution in [0.5, 0.6) is 0 Å². The summed E-state index contributed by atoms with van der Waals surface area (Å²) in [6.07, 6.45) is 1.41.